The second-order valence-electron chi connectivity index (χ2n) is 7.31. The third kappa shape index (κ3) is 3.25. The summed E-state index contributed by atoms with van der Waals surface area (Å²) in [5, 5.41) is 0. The summed E-state index contributed by atoms with van der Waals surface area (Å²) in [7, 11) is 0. The summed E-state index contributed by atoms with van der Waals surface area (Å²) in [6.45, 7) is 3.01. The monoisotopic (exact) mass is 362 g/mol. The molecule has 5 heteroatoms. The number of piperidine rings is 1. The minimum atomic E-state index is -0.373. The van der Waals surface area contributed by atoms with Gasteiger partial charge in [0, 0.05) is 13.1 Å². The molecular formula is C22H22N2O3. The Morgan fingerprint density at radius 3 is 2.33 bits per heavy atom. The molecule has 0 atom stereocenters. The Morgan fingerprint density at radius 1 is 0.963 bits per heavy atom. The Morgan fingerprint density at radius 2 is 1.63 bits per heavy atom. The summed E-state index contributed by atoms with van der Waals surface area (Å²) in [5.74, 6) is -0.445. The first-order chi connectivity index (χ1) is 13.0. The highest BCUT2D eigenvalue weighted by Gasteiger charge is 2.37. The van der Waals surface area contributed by atoms with Crippen LogP contribution in [-0.4, -0.2) is 47.2 Å². The number of benzene rings is 2. The van der Waals surface area contributed by atoms with Crippen molar-refractivity contribution < 1.29 is 14.4 Å². The third-order valence-corrected chi connectivity index (χ3v) is 5.54. The second kappa shape index (κ2) is 6.99. The van der Waals surface area contributed by atoms with E-state index in [0.717, 1.165) is 23.3 Å². The highest BCUT2D eigenvalue weighted by molar-refractivity contribution is 6.22. The van der Waals surface area contributed by atoms with E-state index >= 15 is 0 Å². The van der Waals surface area contributed by atoms with Crippen LogP contribution in [0.4, 0.5) is 0 Å². The molecule has 1 fully saturated rings. The molecular weight excluding hydrogens is 340 g/mol. The molecule has 4 rings (SSSR count). The van der Waals surface area contributed by atoms with E-state index in [4.69, 9.17) is 0 Å². The quantitative estimate of drug-likeness (QED) is 0.789. The first kappa shape index (κ1) is 17.5. The predicted molar refractivity (Wildman–Crippen MR) is 102 cm³/mol. The van der Waals surface area contributed by atoms with Crippen LogP contribution in [0.5, 0.6) is 0 Å². The molecule has 0 bridgehead atoms. The molecule has 2 aromatic carbocycles. The molecule has 0 radical (unpaired) electrons. The number of aryl methyl sites for hydroxylation is 1. The Hall–Kier alpha value is -2.95. The number of carbonyl (C=O) groups is 3. The highest BCUT2D eigenvalue weighted by Crippen LogP contribution is 2.28. The van der Waals surface area contributed by atoms with Gasteiger partial charge in [-0.1, -0.05) is 42.0 Å². The van der Waals surface area contributed by atoms with Gasteiger partial charge in [-0.15, -0.1) is 0 Å². The maximum atomic E-state index is 12.7. The molecule has 1 saturated heterocycles. The van der Waals surface area contributed by atoms with Crippen LogP contribution in [0.3, 0.4) is 0 Å². The van der Waals surface area contributed by atoms with E-state index in [0.29, 0.717) is 30.1 Å². The van der Waals surface area contributed by atoms with Crippen molar-refractivity contribution >= 4 is 17.7 Å². The largest absolute Gasteiger partial charge is 0.341 e. The minimum absolute atomic E-state index is 0.160. The van der Waals surface area contributed by atoms with Gasteiger partial charge in [0.05, 0.1) is 11.1 Å². The second-order valence-corrected chi connectivity index (χ2v) is 7.31. The average Bonchev–Trinajstić information content (AvgIpc) is 2.93. The van der Waals surface area contributed by atoms with Crippen molar-refractivity contribution in [1.82, 2.24) is 9.80 Å². The van der Waals surface area contributed by atoms with Crippen LogP contribution in [0, 0.1) is 6.92 Å². The number of hydrogen-bond donors (Lipinski definition) is 0. The molecule has 2 aliphatic rings. The first-order valence-corrected chi connectivity index (χ1v) is 9.34. The summed E-state index contributed by atoms with van der Waals surface area (Å²) < 4.78 is 0. The van der Waals surface area contributed by atoms with Gasteiger partial charge in [0.15, 0.2) is 0 Å². The van der Waals surface area contributed by atoms with Crippen LogP contribution in [0.15, 0.2) is 48.5 Å². The molecule has 27 heavy (non-hydrogen) atoms. The molecule has 0 aromatic heterocycles. The molecule has 0 spiro atoms. The zero-order valence-electron chi connectivity index (χ0n) is 15.4. The molecule has 138 valence electrons. The smallest absolute Gasteiger partial charge is 0.262 e. The van der Waals surface area contributed by atoms with Crippen molar-refractivity contribution in [1.29, 1.82) is 0 Å². The maximum Gasteiger partial charge on any atom is 0.262 e. The zero-order chi connectivity index (χ0) is 19.0. The number of likely N-dealkylation sites (tertiary alicyclic amines) is 1. The van der Waals surface area contributed by atoms with Gasteiger partial charge in [0.2, 0.25) is 5.91 Å². The van der Waals surface area contributed by atoms with Crippen molar-refractivity contribution in [2.45, 2.75) is 25.7 Å². The van der Waals surface area contributed by atoms with Crippen LogP contribution in [0.2, 0.25) is 0 Å². The van der Waals surface area contributed by atoms with Gasteiger partial charge in [-0.05, 0) is 43.4 Å². The highest BCUT2D eigenvalue weighted by atomic mass is 16.2. The van der Waals surface area contributed by atoms with Gasteiger partial charge in [-0.3, -0.25) is 19.3 Å². The van der Waals surface area contributed by atoms with Gasteiger partial charge < -0.3 is 4.90 Å². The first-order valence-electron chi connectivity index (χ1n) is 9.34. The summed E-state index contributed by atoms with van der Waals surface area (Å²) in [4.78, 5) is 40.6. The number of carbonyl (C=O) groups excluding carboxylic acids is 3. The van der Waals surface area contributed by atoms with Crippen molar-refractivity contribution in [2.24, 2.45) is 0 Å². The predicted octanol–water partition coefficient (Wildman–Crippen LogP) is 3.00. The Kier molecular flexibility index (Phi) is 4.52. The maximum absolute atomic E-state index is 12.7. The molecule has 2 aromatic rings. The lowest BCUT2D eigenvalue weighted by molar-refractivity contribution is -0.132. The zero-order valence-corrected chi connectivity index (χ0v) is 15.4. The Bertz CT molecular complexity index is 899. The molecule has 5 nitrogen and oxygen atoms in total. The number of fused-ring (bicyclic) bond motifs is 1. The fraction of sp³-hybridized carbons (Fsp3) is 0.318. The van der Waals surface area contributed by atoms with Crippen molar-refractivity contribution in [3.8, 4) is 0 Å². The Labute approximate surface area is 158 Å². The number of nitrogens with zero attached hydrogens (tertiary/aromatic N) is 2. The lowest BCUT2D eigenvalue weighted by Gasteiger charge is -2.33. The van der Waals surface area contributed by atoms with Gasteiger partial charge in [0.25, 0.3) is 11.8 Å². The van der Waals surface area contributed by atoms with Gasteiger partial charge in [-0.2, -0.15) is 0 Å². The van der Waals surface area contributed by atoms with Crippen molar-refractivity contribution in [3.05, 3.63) is 70.8 Å². The van der Waals surface area contributed by atoms with Crippen LogP contribution in [0.25, 0.3) is 0 Å². The van der Waals surface area contributed by atoms with Gasteiger partial charge in [-0.25, -0.2) is 0 Å². The fourth-order valence-corrected chi connectivity index (χ4v) is 3.97. The van der Waals surface area contributed by atoms with E-state index in [1.54, 1.807) is 17.0 Å². The number of rotatable bonds is 3. The average molecular weight is 362 g/mol. The molecule has 0 unspecified atom stereocenters. The SMILES string of the molecule is Cc1ccc2c(c1)C(=O)N(CC(=O)N1CCC(c3ccccc3)CC1)C2=O. The molecule has 2 heterocycles. The normalized spacial score (nSPS) is 17.4. The third-order valence-electron chi connectivity index (χ3n) is 5.54. The van der Waals surface area contributed by atoms with E-state index in [1.807, 2.05) is 31.2 Å². The van der Waals surface area contributed by atoms with Gasteiger partial charge in [0.1, 0.15) is 6.54 Å². The van der Waals surface area contributed by atoms with E-state index in [1.165, 1.54) is 5.56 Å². The van der Waals surface area contributed by atoms with E-state index < -0.39 is 0 Å². The van der Waals surface area contributed by atoms with Crippen LogP contribution in [0.1, 0.15) is 50.6 Å². The summed E-state index contributed by atoms with van der Waals surface area (Å²) >= 11 is 0. The van der Waals surface area contributed by atoms with Crippen molar-refractivity contribution in [3.63, 3.8) is 0 Å². The molecule has 0 N–H and O–H groups in total. The van der Waals surface area contributed by atoms with Crippen LogP contribution < -0.4 is 0 Å². The minimum Gasteiger partial charge on any atom is -0.341 e. The molecule has 2 aliphatic heterocycles. The fourth-order valence-electron chi connectivity index (χ4n) is 3.97. The van der Waals surface area contributed by atoms with E-state index in [-0.39, 0.29) is 24.3 Å². The lowest BCUT2D eigenvalue weighted by Crippen LogP contribution is -2.45. The van der Waals surface area contributed by atoms with Crippen molar-refractivity contribution in [2.75, 3.05) is 19.6 Å². The van der Waals surface area contributed by atoms with E-state index in [9.17, 15) is 14.4 Å². The molecule has 0 aliphatic carbocycles. The number of amides is 3. The number of imide groups is 1. The number of hydrogen-bond acceptors (Lipinski definition) is 3. The van der Waals surface area contributed by atoms with Crippen LogP contribution in [-0.2, 0) is 4.79 Å². The summed E-state index contributed by atoms with van der Waals surface area (Å²) in [6.07, 6.45) is 1.80. The molecule has 0 saturated carbocycles. The van der Waals surface area contributed by atoms with Gasteiger partial charge >= 0.3 is 0 Å². The topological polar surface area (TPSA) is 57.7 Å². The molecule has 3 amide bonds. The summed E-state index contributed by atoms with van der Waals surface area (Å²) in [5.41, 5.74) is 3.02. The van der Waals surface area contributed by atoms with E-state index in [2.05, 4.69) is 12.1 Å². The Balaban J connectivity index is 1.39. The van der Waals surface area contributed by atoms with Crippen LogP contribution >= 0.6 is 0 Å². The summed E-state index contributed by atoms with van der Waals surface area (Å²) in [6, 6.07) is 15.5. The lowest BCUT2D eigenvalue weighted by atomic mass is 9.89. The standard InChI is InChI=1S/C22H22N2O3/c1-15-7-8-18-19(13-15)22(27)24(21(18)26)14-20(25)23-11-9-17(10-12-23)16-5-3-2-4-6-16/h2-8,13,17H,9-12,14H2,1H3.